The molecule has 1 aliphatic heterocycles. The molecule has 1 heterocycles. The average Bonchev–Trinajstić information content (AvgIpc) is 3.01. The molecule has 1 fully saturated rings. The first-order valence-electron chi connectivity index (χ1n) is 7.81. The number of nitrogens with zero attached hydrogens (tertiary/aromatic N) is 1. The first-order chi connectivity index (χ1) is 11.4. The molecule has 9 heteroatoms. The van der Waals surface area contributed by atoms with Crippen molar-refractivity contribution in [2.45, 2.75) is 18.7 Å². The van der Waals surface area contributed by atoms with E-state index in [2.05, 4.69) is 27.6 Å². The molecule has 2 rings (SSSR count). The molecule has 1 aliphatic rings. The number of thioether (sulfide) groups is 1. The Morgan fingerprint density at radius 3 is 2.75 bits per heavy atom. The number of rotatable bonds is 7. The molecule has 1 unspecified atom stereocenters. The zero-order valence-electron chi connectivity index (χ0n) is 14.1. The lowest BCUT2D eigenvalue weighted by Gasteiger charge is -2.23. The van der Waals surface area contributed by atoms with Gasteiger partial charge in [0, 0.05) is 18.8 Å². The third-order valence-electron chi connectivity index (χ3n) is 3.31. The van der Waals surface area contributed by atoms with Gasteiger partial charge in [0.15, 0.2) is 0 Å². The molecule has 0 amide bonds. The zero-order chi connectivity index (χ0) is 18.0. The first-order valence-corrected chi connectivity index (χ1v) is 10.4. The van der Waals surface area contributed by atoms with Gasteiger partial charge in [-0.2, -0.15) is 0 Å². The third kappa shape index (κ3) is 7.98. The molecule has 1 aromatic carbocycles. The Balaban J connectivity index is 0.000000351. The van der Waals surface area contributed by atoms with E-state index < -0.39 is 7.82 Å². The maximum atomic E-state index is 9.70. The van der Waals surface area contributed by atoms with Crippen molar-refractivity contribution in [2.24, 2.45) is 5.73 Å². The van der Waals surface area contributed by atoms with Crippen LogP contribution in [0.5, 0.6) is 5.75 Å². The molecule has 1 aromatic rings. The van der Waals surface area contributed by atoms with E-state index in [1.807, 2.05) is 17.8 Å². The molecule has 0 spiro atoms. The van der Waals surface area contributed by atoms with Gasteiger partial charge in [0.2, 0.25) is 0 Å². The highest BCUT2D eigenvalue weighted by molar-refractivity contribution is 7.99. The second kappa shape index (κ2) is 11.1. The van der Waals surface area contributed by atoms with E-state index >= 15 is 0 Å². The van der Waals surface area contributed by atoms with Crippen molar-refractivity contribution in [1.82, 2.24) is 4.90 Å². The highest BCUT2D eigenvalue weighted by Gasteiger charge is 2.26. The average molecular weight is 378 g/mol. The molecular weight excluding hydrogens is 351 g/mol. The van der Waals surface area contributed by atoms with Crippen molar-refractivity contribution >= 4 is 19.6 Å². The van der Waals surface area contributed by atoms with Crippen molar-refractivity contribution < 1.29 is 23.6 Å². The Labute approximate surface area is 147 Å². The summed E-state index contributed by atoms with van der Waals surface area (Å²) in [7, 11) is -2.45. The van der Waals surface area contributed by atoms with Crippen LogP contribution in [0.15, 0.2) is 24.3 Å². The van der Waals surface area contributed by atoms with E-state index in [0.717, 1.165) is 31.8 Å². The van der Waals surface area contributed by atoms with Gasteiger partial charge in [-0.05, 0) is 37.6 Å². The highest BCUT2D eigenvalue weighted by Crippen LogP contribution is 2.38. The fourth-order valence-corrected chi connectivity index (χ4v) is 3.96. The van der Waals surface area contributed by atoms with Crippen LogP contribution in [0.3, 0.4) is 0 Å². The molecule has 0 aromatic heterocycles. The lowest BCUT2D eigenvalue weighted by molar-refractivity contribution is 0.206. The van der Waals surface area contributed by atoms with Crippen LogP contribution in [-0.2, 0) is 9.09 Å². The Morgan fingerprint density at radius 1 is 1.46 bits per heavy atom. The Hall–Kier alpha value is -0.600. The van der Waals surface area contributed by atoms with Gasteiger partial charge in [-0.15, -0.1) is 11.8 Å². The third-order valence-corrected chi connectivity index (χ3v) is 5.21. The summed E-state index contributed by atoms with van der Waals surface area (Å²) < 4.78 is 18.9. The number of nitrogens with two attached hydrogens (primary N) is 1. The van der Waals surface area contributed by atoms with Crippen LogP contribution in [0.2, 0.25) is 0 Å². The normalized spacial score (nSPS) is 18.1. The molecule has 0 bridgehead atoms. The van der Waals surface area contributed by atoms with Crippen molar-refractivity contribution in [2.75, 3.05) is 39.1 Å². The van der Waals surface area contributed by atoms with Crippen LogP contribution < -0.4 is 10.5 Å². The fraction of sp³-hybridized carbons (Fsp3) is 0.600. The summed E-state index contributed by atoms with van der Waals surface area (Å²) in [5.41, 5.74) is 6.92. The summed E-state index contributed by atoms with van der Waals surface area (Å²) in [6, 6.07) is 8.38. The van der Waals surface area contributed by atoms with Gasteiger partial charge in [0.1, 0.15) is 5.75 Å². The molecule has 0 radical (unpaired) electrons. The molecule has 24 heavy (non-hydrogen) atoms. The predicted octanol–water partition coefficient (Wildman–Crippen LogP) is 2.21. The zero-order valence-corrected chi connectivity index (χ0v) is 15.8. The van der Waals surface area contributed by atoms with Crippen LogP contribution in [0.1, 0.15) is 24.3 Å². The van der Waals surface area contributed by atoms with Gasteiger partial charge in [0.05, 0.1) is 19.1 Å². The second-order valence-electron chi connectivity index (χ2n) is 5.09. The fourth-order valence-electron chi connectivity index (χ4n) is 2.30. The van der Waals surface area contributed by atoms with E-state index in [0.29, 0.717) is 5.37 Å². The summed E-state index contributed by atoms with van der Waals surface area (Å²) in [6.45, 7) is 4.58. The number of hydrogen-bond donors (Lipinski definition) is 3. The van der Waals surface area contributed by atoms with Gasteiger partial charge >= 0.3 is 7.82 Å². The van der Waals surface area contributed by atoms with Crippen LogP contribution in [0.25, 0.3) is 0 Å². The molecule has 0 saturated carbocycles. The van der Waals surface area contributed by atoms with Gasteiger partial charge in [-0.25, -0.2) is 4.57 Å². The van der Waals surface area contributed by atoms with Crippen LogP contribution in [0, 0.1) is 0 Å². The summed E-state index contributed by atoms with van der Waals surface area (Å²) in [4.78, 5) is 18.3. The summed E-state index contributed by atoms with van der Waals surface area (Å²) >= 11 is 2.00. The van der Waals surface area contributed by atoms with Gasteiger partial charge in [-0.3, -0.25) is 9.42 Å². The van der Waals surface area contributed by atoms with Crippen LogP contribution in [-0.4, -0.2) is 53.8 Å². The minimum absolute atomic E-state index is 0.0459. The summed E-state index contributed by atoms with van der Waals surface area (Å²) in [6.07, 6.45) is 1.07. The summed E-state index contributed by atoms with van der Waals surface area (Å²) in [5, 5.41) is 0.469. The van der Waals surface area contributed by atoms with Crippen molar-refractivity contribution in [1.29, 1.82) is 0 Å². The number of phosphoric acid groups is 1. The Bertz CT molecular complexity index is 528. The lowest BCUT2D eigenvalue weighted by atomic mass is 10.2. The van der Waals surface area contributed by atoms with E-state index in [1.54, 1.807) is 7.11 Å². The molecule has 1 atom stereocenters. The number of phosphoric ester groups is 1. The van der Waals surface area contributed by atoms with Gasteiger partial charge < -0.3 is 20.3 Å². The summed E-state index contributed by atoms with van der Waals surface area (Å²) in [5.74, 6) is 2.14. The van der Waals surface area contributed by atoms with Crippen molar-refractivity contribution in [3.63, 3.8) is 0 Å². The molecule has 4 N–H and O–H groups in total. The Morgan fingerprint density at radius 2 is 2.21 bits per heavy atom. The molecular formula is C15H27N2O5PS. The smallest absolute Gasteiger partial charge is 0.469 e. The molecule has 7 nitrogen and oxygen atoms in total. The monoisotopic (exact) mass is 378 g/mol. The number of hydrogen-bond acceptors (Lipinski definition) is 6. The second-order valence-corrected chi connectivity index (χ2v) is 7.51. The number of benzene rings is 1. The quantitative estimate of drug-likeness (QED) is 0.620. The Kier molecular flexibility index (Phi) is 9.92. The van der Waals surface area contributed by atoms with Crippen LogP contribution in [0.4, 0.5) is 0 Å². The maximum absolute atomic E-state index is 9.70. The van der Waals surface area contributed by atoms with Crippen LogP contribution >= 0.6 is 19.6 Å². The predicted molar refractivity (Wildman–Crippen MR) is 97.1 cm³/mol. The molecule has 138 valence electrons. The van der Waals surface area contributed by atoms with Gasteiger partial charge in [0.25, 0.3) is 0 Å². The number of methoxy groups -OCH3 is 1. The van der Waals surface area contributed by atoms with Gasteiger partial charge in [-0.1, -0.05) is 12.1 Å². The minimum atomic E-state index is -4.17. The van der Waals surface area contributed by atoms with E-state index in [9.17, 15) is 4.57 Å². The maximum Gasteiger partial charge on any atom is 0.469 e. The SMILES string of the molecule is CCOP(=O)(O)O.COc1cccc(C2SCCN2CCCN)c1. The van der Waals surface area contributed by atoms with E-state index in [-0.39, 0.29) is 6.61 Å². The molecule has 0 aliphatic carbocycles. The largest absolute Gasteiger partial charge is 0.497 e. The standard InChI is InChI=1S/C13H20N2OS.C2H7O4P/c1-16-12-5-2-4-11(10-12)13-15(7-3-6-14)8-9-17-13;1-2-6-7(3,4)5/h2,4-5,10,13H,3,6-9,14H2,1H3;2H2,1H3,(H2,3,4,5). The molecule has 1 saturated heterocycles. The first kappa shape index (κ1) is 21.4. The lowest BCUT2D eigenvalue weighted by Crippen LogP contribution is -2.25. The minimum Gasteiger partial charge on any atom is -0.497 e. The van der Waals surface area contributed by atoms with Crippen molar-refractivity contribution in [3.05, 3.63) is 29.8 Å². The number of ether oxygens (including phenoxy) is 1. The van der Waals surface area contributed by atoms with E-state index in [4.69, 9.17) is 20.3 Å². The van der Waals surface area contributed by atoms with Crippen molar-refractivity contribution in [3.8, 4) is 5.75 Å². The van der Waals surface area contributed by atoms with E-state index in [1.165, 1.54) is 18.2 Å². The topological polar surface area (TPSA) is 105 Å². The highest BCUT2D eigenvalue weighted by atomic mass is 32.2.